The van der Waals surface area contributed by atoms with Crippen molar-refractivity contribution < 1.29 is 0 Å². The summed E-state index contributed by atoms with van der Waals surface area (Å²) in [5.74, 6) is 0. The van der Waals surface area contributed by atoms with Crippen LogP contribution in [0.25, 0.3) is 0 Å². The predicted octanol–water partition coefficient (Wildman–Crippen LogP) is 4.89. The summed E-state index contributed by atoms with van der Waals surface area (Å²) in [6.07, 6.45) is 13.1. The SMILES string of the molecule is S=CCCCCCCCCCCC=S. The number of unbranched alkanes of at least 4 members (excludes halogenated alkanes) is 9. The van der Waals surface area contributed by atoms with Crippen LogP contribution in [0.5, 0.6) is 0 Å². The van der Waals surface area contributed by atoms with E-state index >= 15 is 0 Å². The van der Waals surface area contributed by atoms with Gasteiger partial charge in [-0.2, -0.15) is 0 Å². The average Bonchev–Trinajstić information content (AvgIpc) is 2.21. The molecule has 0 amide bonds. The second-order valence-electron chi connectivity index (χ2n) is 3.74. The molecule has 0 aromatic carbocycles. The molecule has 0 aliphatic heterocycles. The Labute approximate surface area is 99.5 Å². The van der Waals surface area contributed by atoms with Crippen LogP contribution in [0.4, 0.5) is 0 Å². The molecule has 0 aliphatic carbocycles. The van der Waals surface area contributed by atoms with E-state index in [-0.39, 0.29) is 0 Å². The lowest BCUT2D eigenvalue weighted by molar-refractivity contribution is 0.577. The Morgan fingerprint density at radius 3 is 1.07 bits per heavy atom. The van der Waals surface area contributed by atoms with E-state index < -0.39 is 0 Å². The zero-order chi connectivity index (χ0) is 10.5. The highest BCUT2D eigenvalue weighted by molar-refractivity contribution is 7.79. The van der Waals surface area contributed by atoms with E-state index in [1.165, 1.54) is 51.4 Å². The molecule has 82 valence electrons. The Kier molecular flexibility index (Phi) is 13.3. The first-order valence-electron chi connectivity index (χ1n) is 5.79. The highest BCUT2D eigenvalue weighted by atomic mass is 32.1. The standard InChI is InChI=1S/C12H22S2/c13-11-9-7-5-3-1-2-4-6-8-10-12-14/h11-12H,1-10H2. The first-order valence-corrected chi connectivity index (χ1v) is 6.73. The molecule has 0 saturated heterocycles. The summed E-state index contributed by atoms with van der Waals surface area (Å²) < 4.78 is 0. The number of hydrogen-bond donors (Lipinski definition) is 0. The van der Waals surface area contributed by atoms with Gasteiger partial charge in [0, 0.05) is 0 Å². The molecule has 0 aliphatic rings. The Balaban J connectivity index is 2.84. The smallest absolute Gasteiger partial charge is 0.0210 e. The van der Waals surface area contributed by atoms with Crippen LogP contribution in [0.2, 0.25) is 0 Å². The fraction of sp³-hybridized carbons (Fsp3) is 0.833. The topological polar surface area (TPSA) is 0 Å². The summed E-state index contributed by atoms with van der Waals surface area (Å²) in [6.45, 7) is 0. The second kappa shape index (κ2) is 13.2. The van der Waals surface area contributed by atoms with E-state index in [1.807, 2.05) is 10.7 Å². The van der Waals surface area contributed by atoms with Crippen molar-refractivity contribution in [3.05, 3.63) is 0 Å². The van der Waals surface area contributed by atoms with Crippen LogP contribution >= 0.6 is 24.4 Å². The molecular formula is C12H22S2. The van der Waals surface area contributed by atoms with Crippen molar-refractivity contribution in [1.29, 1.82) is 0 Å². The molecule has 0 unspecified atom stereocenters. The van der Waals surface area contributed by atoms with E-state index in [2.05, 4.69) is 0 Å². The fourth-order valence-electron chi connectivity index (χ4n) is 1.52. The molecule has 0 atom stereocenters. The summed E-state index contributed by atoms with van der Waals surface area (Å²) in [5, 5.41) is 3.70. The third kappa shape index (κ3) is 12.2. The van der Waals surface area contributed by atoms with Gasteiger partial charge in [-0.1, -0.05) is 63.0 Å². The molecular weight excluding hydrogens is 208 g/mol. The summed E-state index contributed by atoms with van der Waals surface area (Å²) in [6, 6.07) is 0. The maximum Gasteiger partial charge on any atom is -0.0210 e. The van der Waals surface area contributed by atoms with Crippen LogP contribution in [0.1, 0.15) is 64.2 Å². The first-order chi connectivity index (χ1) is 6.91. The van der Waals surface area contributed by atoms with Gasteiger partial charge in [-0.3, -0.25) is 0 Å². The van der Waals surface area contributed by atoms with Crippen molar-refractivity contribution in [1.82, 2.24) is 0 Å². The van der Waals surface area contributed by atoms with Crippen LogP contribution in [-0.4, -0.2) is 10.7 Å². The van der Waals surface area contributed by atoms with Crippen molar-refractivity contribution in [3.63, 3.8) is 0 Å². The summed E-state index contributed by atoms with van der Waals surface area (Å²) >= 11 is 9.55. The largest absolute Gasteiger partial charge is 0.0935 e. The van der Waals surface area contributed by atoms with Gasteiger partial charge >= 0.3 is 0 Å². The number of rotatable bonds is 11. The maximum absolute atomic E-state index is 4.78. The van der Waals surface area contributed by atoms with Crippen LogP contribution in [0, 0.1) is 0 Å². The van der Waals surface area contributed by atoms with Gasteiger partial charge in [0.1, 0.15) is 0 Å². The Morgan fingerprint density at radius 1 is 0.500 bits per heavy atom. The van der Waals surface area contributed by atoms with E-state index in [1.54, 1.807) is 0 Å². The van der Waals surface area contributed by atoms with Crippen LogP contribution in [0.3, 0.4) is 0 Å². The van der Waals surface area contributed by atoms with E-state index in [0.29, 0.717) is 0 Å². The van der Waals surface area contributed by atoms with Crippen molar-refractivity contribution in [2.24, 2.45) is 0 Å². The van der Waals surface area contributed by atoms with Gasteiger partial charge in [0.15, 0.2) is 0 Å². The highest BCUT2D eigenvalue weighted by Gasteiger charge is 1.91. The van der Waals surface area contributed by atoms with E-state index in [0.717, 1.165) is 12.8 Å². The maximum atomic E-state index is 4.78. The molecule has 2 heteroatoms. The minimum Gasteiger partial charge on any atom is -0.0935 e. The highest BCUT2D eigenvalue weighted by Crippen LogP contribution is 2.09. The molecule has 0 fully saturated rings. The molecule has 0 bridgehead atoms. The lowest BCUT2D eigenvalue weighted by atomic mass is 10.1. The lowest BCUT2D eigenvalue weighted by Gasteiger charge is -2.00. The second-order valence-corrected chi connectivity index (χ2v) is 4.41. The average molecular weight is 230 g/mol. The van der Waals surface area contributed by atoms with Crippen LogP contribution in [0.15, 0.2) is 0 Å². The summed E-state index contributed by atoms with van der Waals surface area (Å²) in [4.78, 5) is 0. The minimum absolute atomic E-state index is 1.12. The number of hydrogen-bond acceptors (Lipinski definition) is 2. The third-order valence-corrected chi connectivity index (χ3v) is 2.87. The predicted molar refractivity (Wildman–Crippen MR) is 73.5 cm³/mol. The molecule has 0 nitrogen and oxygen atoms in total. The van der Waals surface area contributed by atoms with Gasteiger partial charge in [-0.05, 0) is 36.4 Å². The van der Waals surface area contributed by atoms with Crippen LogP contribution < -0.4 is 0 Å². The summed E-state index contributed by atoms with van der Waals surface area (Å²) in [5.41, 5.74) is 0. The lowest BCUT2D eigenvalue weighted by Crippen LogP contribution is -1.82. The zero-order valence-electron chi connectivity index (χ0n) is 9.04. The van der Waals surface area contributed by atoms with Gasteiger partial charge in [-0.25, -0.2) is 0 Å². The minimum atomic E-state index is 1.12. The zero-order valence-corrected chi connectivity index (χ0v) is 10.7. The van der Waals surface area contributed by atoms with Crippen LogP contribution in [-0.2, 0) is 0 Å². The van der Waals surface area contributed by atoms with E-state index in [4.69, 9.17) is 24.4 Å². The quantitative estimate of drug-likeness (QED) is 0.366. The Morgan fingerprint density at radius 2 is 0.786 bits per heavy atom. The number of thiocarbonyl (C=S) groups is 2. The fourth-order valence-corrected chi connectivity index (χ4v) is 1.85. The van der Waals surface area contributed by atoms with E-state index in [9.17, 15) is 0 Å². The normalized spacial score (nSPS) is 10.0. The first kappa shape index (κ1) is 14.2. The Bertz CT molecular complexity index is 116. The Hall–Kier alpha value is 0.180. The van der Waals surface area contributed by atoms with Gasteiger partial charge in [-0.15, -0.1) is 0 Å². The molecule has 0 spiro atoms. The summed E-state index contributed by atoms with van der Waals surface area (Å²) in [7, 11) is 0. The van der Waals surface area contributed by atoms with Crippen molar-refractivity contribution >= 4 is 35.2 Å². The van der Waals surface area contributed by atoms with Gasteiger partial charge in [0.2, 0.25) is 0 Å². The third-order valence-electron chi connectivity index (χ3n) is 2.39. The molecule has 0 aromatic heterocycles. The van der Waals surface area contributed by atoms with Gasteiger partial charge in [0.25, 0.3) is 0 Å². The molecule has 0 aromatic rings. The van der Waals surface area contributed by atoms with Gasteiger partial charge < -0.3 is 0 Å². The molecule has 0 radical (unpaired) electrons. The molecule has 0 saturated carbocycles. The molecule has 0 rings (SSSR count). The molecule has 0 N–H and O–H groups in total. The molecule has 0 heterocycles. The van der Waals surface area contributed by atoms with Crippen molar-refractivity contribution in [2.75, 3.05) is 0 Å². The van der Waals surface area contributed by atoms with Crippen molar-refractivity contribution in [3.8, 4) is 0 Å². The van der Waals surface area contributed by atoms with Crippen molar-refractivity contribution in [2.45, 2.75) is 64.2 Å². The molecule has 14 heavy (non-hydrogen) atoms. The monoisotopic (exact) mass is 230 g/mol. The van der Waals surface area contributed by atoms with Gasteiger partial charge in [0.05, 0.1) is 0 Å².